The molecule has 0 atom stereocenters. The molecular formula is C19H21BrFN3O. The van der Waals surface area contributed by atoms with Gasteiger partial charge in [0.2, 0.25) is 0 Å². The van der Waals surface area contributed by atoms with E-state index < -0.39 is 0 Å². The maximum atomic E-state index is 13.3. The highest BCUT2D eigenvalue weighted by Crippen LogP contribution is 2.38. The summed E-state index contributed by atoms with van der Waals surface area (Å²) in [4.78, 5) is 4.39. The summed E-state index contributed by atoms with van der Waals surface area (Å²) in [5.74, 6) is 1.45. The van der Waals surface area contributed by atoms with Gasteiger partial charge in [0, 0.05) is 11.6 Å². The molecule has 0 bridgehead atoms. The predicted molar refractivity (Wildman–Crippen MR) is 101 cm³/mol. The molecule has 1 fully saturated rings. The van der Waals surface area contributed by atoms with Crippen LogP contribution in [0.25, 0.3) is 0 Å². The molecular weight excluding hydrogens is 385 g/mol. The van der Waals surface area contributed by atoms with E-state index in [2.05, 4.69) is 26.2 Å². The number of methoxy groups -OCH3 is 1. The number of benzene rings is 2. The molecule has 1 saturated carbocycles. The Kier molecular flexibility index (Phi) is 5.58. The van der Waals surface area contributed by atoms with Gasteiger partial charge in [0.25, 0.3) is 0 Å². The Balaban J connectivity index is 1.51. The number of halogens is 2. The molecule has 4 nitrogen and oxygen atoms in total. The zero-order valence-electron chi connectivity index (χ0n) is 14.0. The first-order valence-electron chi connectivity index (χ1n) is 8.20. The quantitative estimate of drug-likeness (QED) is 0.584. The van der Waals surface area contributed by atoms with E-state index in [1.165, 1.54) is 6.07 Å². The monoisotopic (exact) mass is 405 g/mol. The van der Waals surface area contributed by atoms with Crippen molar-refractivity contribution in [1.82, 2.24) is 5.32 Å². The van der Waals surface area contributed by atoms with Crippen molar-refractivity contribution in [2.75, 3.05) is 7.11 Å². The van der Waals surface area contributed by atoms with E-state index in [9.17, 15) is 4.39 Å². The number of guanidine groups is 1. The van der Waals surface area contributed by atoms with Crippen LogP contribution in [0.5, 0.6) is 5.75 Å². The van der Waals surface area contributed by atoms with Crippen molar-refractivity contribution in [2.45, 2.75) is 31.3 Å². The SMILES string of the molecule is COc1ccccc1CN=C(N)NC1CC(c2ccc(F)c(Br)c2)C1. The highest BCUT2D eigenvalue weighted by molar-refractivity contribution is 9.10. The summed E-state index contributed by atoms with van der Waals surface area (Å²) in [5, 5.41) is 3.25. The maximum Gasteiger partial charge on any atom is 0.189 e. The van der Waals surface area contributed by atoms with Gasteiger partial charge in [0.15, 0.2) is 5.96 Å². The van der Waals surface area contributed by atoms with Crippen molar-refractivity contribution >= 4 is 21.9 Å². The molecule has 0 heterocycles. The van der Waals surface area contributed by atoms with Crippen LogP contribution in [0, 0.1) is 5.82 Å². The molecule has 132 valence electrons. The van der Waals surface area contributed by atoms with E-state index in [-0.39, 0.29) is 5.82 Å². The highest BCUT2D eigenvalue weighted by Gasteiger charge is 2.30. The standard InChI is InChI=1S/C19H21BrFN3O/c1-25-18-5-3-2-4-13(18)11-23-19(22)24-15-8-14(9-15)12-6-7-17(21)16(20)10-12/h2-7,10,14-15H,8-9,11H2,1H3,(H3,22,23,24). The van der Waals surface area contributed by atoms with Crippen molar-refractivity contribution in [3.8, 4) is 5.75 Å². The van der Waals surface area contributed by atoms with Gasteiger partial charge in [-0.25, -0.2) is 9.38 Å². The van der Waals surface area contributed by atoms with E-state index >= 15 is 0 Å². The number of nitrogens with two attached hydrogens (primary N) is 1. The van der Waals surface area contributed by atoms with Crippen molar-refractivity contribution in [3.05, 3.63) is 63.9 Å². The first-order chi connectivity index (χ1) is 12.1. The predicted octanol–water partition coefficient (Wildman–Crippen LogP) is 3.95. The van der Waals surface area contributed by atoms with E-state index in [0.717, 1.165) is 29.7 Å². The lowest BCUT2D eigenvalue weighted by atomic mass is 9.76. The van der Waals surface area contributed by atoms with E-state index in [1.54, 1.807) is 7.11 Å². The lowest BCUT2D eigenvalue weighted by Gasteiger charge is -2.36. The largest absolute Gasteiger partial charge is 0.496 e. The number of hydrogen-bond donors (Lipinski definition) is 2. The molecule has 0 aromatic heterocycles. The van der Waals surface area contributed by atoms with Crippen LogP contribution in [-0.4, -0.2) is 19.1 Å². The van der Waals surface area contributed by atoms with Crippen LogP contribution in [0.3, 0.4) is 0 Å². The first-order valence-corrected chi connectivity index (χ1v) is 8.99. The summed E-state index contributed by atoms with van der Waals surface area (Å²) in [5.41, 5.74) is 8.14. The summed E-state index contributed by atoms with van der Waals surface area (Å²) in [6.45, 7) is 0.476. The second-order valence-electron chi connectivity index (χ2n) is 6.20. The minimum absolute atomic E-state index is 0.231. The molecule has 2 aromatic carbocycles. The molecule has 25 heavy (non-hydrogen) atoms. The number of para-hydroxylation sites is 1. The second-order valence-corrected chi connectivity index (χ2v) is 7.05. The molecule has 1 aliphatic carbocycles. The number of ether oxygens (including phenoxy) is 1. The Bertz CT molecular complexity index is 775. The first kappa shape index (κ1) is 17.7. The van der Waals surface area contributed by atoms with Crippen LogP contribution in [0.4, 0.5) is 4.39 Å². The third-order valence-electron chi connectivity index (χ3n) is 4.52. The molecule has 0 spiro atoms. The Labute approximate surface area is 155 Å². The zero-order chi connectivity index (χ0) is 17.8. The van der Waals surface area contributed by atoms with Crippen LogP contribution < -0.4 is 15.8 Å². The molecule has 1 aliphatic rings. The normalized spacial score (nSPS) is 20.0. The third-order valence-corrected chi connectivity index (χ3v) is 5.13. The number of nitrogens with one attached hydrogen (secondary N) is 1. The molecule has 0 aliphatic heterocycles. The smallest absolute Gasteiger partial charge is 0.189 e. The minimum atomic E-state index is -0.231. The van der Waals surface area contributed by atoms with Crippen molar-refractivity contribution in [2.24, 2.45) is 10.7 Å². The van der Waals surface area contributed by atoms with Crippen LogP contribution in [0.2, 0.25) is 0 Å². The summed E-state index contributed by atoms with van der Waals surface area (Å²) >= 11 is 3.24. The van der Waals surface area contributed by atoms with Gasteiger partial charge in [-0.15, -0.1) is 0 Å². The fraction of sp³-hybridized carbons (Fsp3) is 0.316. The van der Waals surface area contributed by atoms with Gasteiger partial charge in [-0.05, 0) is 58.5 Å². The number of aliphatic imine (C=N–C) groups is 1. The average Bonchev–Trinajstić information content (AvgIpc) is 2.58. The summed E-state index contributed by atoms with van der Waals surface area (Å²) in [6.07, 6.45) is 1.92. The van der Waals surface area contributed by atoms with E-state index in [4.69, 9.17) is 10.5 Å². The third kappa shape index (κ3) is 4.31. The fourth-order valence-corrected chi connectivity index (χ4v) is 3.43. The molecule has 3 N–H and O–H groups in total. The number of nitrogens with zero attached hydrogens (tertiary/aromatic N) is 1. The van der Waals surface area contributed by atoms with Crippen LogP contribution in [0.1, 0.15) is 29.9 Å². The Hall–Kier alpha value is -2.08. The van der Waals surface area contributed by atoms with Gasteiger partial charge in [0.05, 0.1) is 18.1 Å². The van der Waals surface area contributed by atoms with Gasteiger partial charge >= 0.3 is 0 Å². The summed E-state index contributed by atoms with van der Waals surface area (Å²) < 4.78 is 19.1. The Morgan fingerprint density at radius 2 is 2.08 bits per heavy atom. The van der Waals surface area contributed by atoms with Gasteiger partial charge in [-0.2, -0.15) is 0 Å². The molecule has 0 unspecified atom stereocenters. The molecule has 0 radical (unpaired) electrons. The summed E-state index contributed by atoms with van der Waals surface area (Å²) in [7, 11) is 1.65. The van der Waals surface area contributed by atoms with E-state index in [0.29, 0.717) is 28.9 Å². The van der Waals surface area contributed by atoms with Crippen molar-refractivity contribution in [1.29, 1.82) is 0 Å². The topological polar surface area (TPSA) is 59.6 Å². The zero-order valence-corrected chi connectivity index (χ0v) is 15.6. The average molecular weight is 406 g/mol. The Morgan fingerprint density at radius 3 is 2.80 bits per heavy atom. The second kappa shape index (κ2) is 7.87. The fourth-order valence-electron chi connectivity index (χ4n) is 3.03. The lowest BCUT2D eigenvalue weighted by molar-refractivity contribution is 0.323. The lowest BCUT2D eigenvalue weighted by Crippen LogP contribution is -2.46. The van der Waals surface area contributed by atoms with Crippen LogP contribution >= 0.6 is 15.9 Å². The molecule has 0 saturated heterocycles. The maximum absolute atomic E-state index is 13.3. The van der Waals surface area contributed by atoms with Gasteiger partial charge in [-0.3, -0.25) is 0 Å². The number of rotatable bonds is 5. The van der Waals surface area contributed by atoms with Crippen LogP contribution in [-0.2, 0) is 6.54 Å². The van der Waals surface area contributed by atoms with Crippen molar-refractivity contribution in [3.63, 3.8) is 0 Å². The highest BCUT2D eigenvalue weighted by atomic mass is 79.9. The van der Waals surface area contributed by atoms with Gasteiger partial charge < -0.3 is 15.8 Å². The minimum Gasteiger partial charge on any atom is -0.496 e. The number of hydrogen-bond acceptors (Lipinski definition) is 2. The van der Waals surface area contributed by atoms with E-state index in [1.807, 2.05) is 36.4 Å². The van der Waals surface area contributed by atoms with Crippen LogP contribution in [0.15, 0.2) is 51.9 Å². The Morgan fingerprint density at radius 1 is 1.32 bits per heavy atom. The molecule has 0 amide bonds. The van der Waals surface area contributed by atoms with Crippen molar-refractivity contribution < 1.29 is 9.13 Å². The summed E-state index contributed by atoms with van der Waals surface area (Å²) in [6, 6.07) is 13.3. The molecule has 2 aromatic rings. The van der Waals surface area contributed by atoms with Gasteiger partial charge in [-0.1, -0.05) is 24.3 Å². The molecule has 6 heteroatoms. The molecule has 3 rings (SSSR count). The van der Waals surface area contributed by atoms with Gasteiger partial charge in [0.1, 0.15) is 11.6 Å².